The Morgan fingerprint density at radius 1 is 1.04 bits per heavy atom. The molecule has 0 bridgehead atoms. The first-order chi connectivity index (χ1) is 11.5. The van der Waals surface area contributed by atoms with Gasteiger partial charge in [-0.05, 0) is 105 Å². The van der Waals surface area contributed by atoms with Crippen LogP contribution >= 0.6 is 0 Å². The molecule has 2 heteroatoms. The first kappa shape index (κ1) is 15.6. The summed E-state index contributed by atoms with van der Waals surface area (Å²) >= 11 is 0. The number of hydrogen-bond donors (Lipinski definition) is 1. The van der Waals surface area contributed by atoms with Crippen LogP contribution in [0.25, 0.3) is 0 Å². The van der Waals surface area contributed by atoms with E-state index in [-0.39, 0.29) is 6.10 Å². The summed E-state index contributed by atoms with van der Waals surface area (Å²) in [7, 11) is 0. The maximum Gasteiger partial charge on any atom is 0.159 e. The van der Waals surface area contributed by atoms with E-state index in [0.29, 0.717) is 22.5 Å². The molecule has 132 valence electrons. The third kappa shape index (κ3) is 1.90. The minimum Gasteiger partial charge on any atom is -0.393 e. The van der Waals surface area contributed by atoms with Gasteiger partial charge in [0.05, 0.1) is 6.10 Å². The molecule has 0 aromatic rings. The monoisotopic (exact) mass is 328 g/mol. The fourth-order valence-electron chi connectivity index (χ4n) is 8.38. The van der Waals surface area contributed by atoms with Crippen LogP contribution in [0, 0.1) is 40.4 Å². The van der Waals surface area contributed by atoms with Gasteiger partial charge in [-0.1, -0.05) is 13.0 Å². The third-order valence-corrected chi connectivity index (χ3v) is 9.48. The van der Waals surface area contributed by atoms with Gasteiger partial charge in [0.1, 0.15) is 0 Å². The van der Waals surface area contributed by atoms with Crippen LogP contribution in [-0.2, 0) is 4.79 Å². The van der Waals surface area contributed by atoms with Crippen LogP contribution in [0.5, 0.6) is 0 Å². The minimum atomic E-state index is -0.0495. The summed E-state index contributed by atoms with van der Waals surface area (Å²) in [6.45, 7) is 2.55. The van der Waals surface area contributed by atoms with E-state index in [9.17, 15) is 9.90 Å². The Morgan fingerprint density at radius 2 is 1.92 bits per heavy atom. The predicted molar refractivity (Wildman–Crippen MR) is 94.3 cm³/mol. The van der Waals surface area contributed by atoms with Crippen LogP contribution in [0.4, 0.5) is 0 Å². The van der Waals surface area contributed by atoms with Crippen molar-refractivity contribution in [3.8, 4) is 0 Å². The zero-order valence-electron chi connectivity index (χ0n) is 15.0. The molecule has 0 amide bonds. The Hall–Kier alpha value is -0.630. The molecule has 24 heavy (non-hydrogen) atoms. The Kier molecular flexibility index (Phi) is 3.38. The smallest absolute Gasteiger partial charge is 0.159 e. The molecule has 1 N–H and O–H groups in total. The molecule has 0 heterocycles. The van der Waals surface area contributed by atoms with Gasteiger partial charge >= 0.3 is 0 Å². The van der Waals surface area contributed by atoms with Crippen LogP contribution in [0.3, 0.4) is 0 Å². The number of carbonyl (C=O) groups is 1. The molecule has 5 rings (SSSR count). The quantitative estimate of drug-likeness (QED) is 0.710. The number of hydrogen-bond acceptors (Lipinski definition) is 2. The molecule has 5 aliphatic carbocycles. The minimum absolute atomic E-state index is 0.0495. The topological polar surface area (TPSA) is 37.3 Å². The highest BCUT2D eigenvalue weighted by atomic mass is 16.3. The number of aliphatic hydroxyl groups is 1. The zero-order chi connectivity index (χ0) is 16.5. The standard InChI is InChI=1S/C22H32O2/c1-21-11-8-15(23)13-14(21)4-5-16-17(21)9-12-22-10-2-3-20(24)19(22)7-6-18(16)22/h2-3,14-19,23H,4-13H2,1H3/t14-,15-,16?,17?,18?,19?,21+,22?/m1/s1. The average Bonchev–Trinajstić information content (AvgIpc) is 2.96. The van der Waals surface area contributed by atoms with Crippen LogP contribution in [0.1, 0.15) is 71.1 Å². The molecule has 1 spiro atoms. The summed E-state index contributed by atoms with van der Waals surface area (Å²) in [6.07, 6.45) is 16.2. The second-order valence-electron chi connectivity index (χ2n) is 10.00. The Morgan fingerprint density at radius 3 is 2.79 bits per heavy atom. The first-order valence-corrected chi connectivity index (χ1v) is 10.4. The summed E-state index contributed by atoms with van der Waals surface area (Å²) in [5, 5.41) is 10.1. The highest BCUT2D eigenvalue weighted by molar-refractivity contribution is 5.93. The van der Waals surface area contributed by atoms with E-state index < -0.39 is 0 Å². The van der Waals surface area contributed by atoms with E-state index in [4.69, 9.17) is 0 Å². The molecule has 4 fully saturated rings. The SMILES string of the molecule is C[C@]12CC[C@@H](O)C[C@H]1CCC1C3CCC4C(=O)C=CCC43CCC12. The Bertz CT molecular complexity index is 581. The van der Waals surface area contributed by atoms with Gasteiger partial charge in [-0.2, -0.15) is 0 Å². The third-order valence-electron chi connectivity index (χ3n) is 9.48. The zero-order valence-corrected chi connectivity index (χ0v) is 15.0. The van der Waals surface area contributed by atoms with E-state index in [1.165, 1.54) is 38.5 Å². The predicted octanol–water partition coefficient (Wildman–Crippen LogP) is 4.52. The molecule has 0 radical (unpaired) electrons. The molecule has 0 aliphatic heterocycles. The van der Waals surface area contributed by atoms with Crippen LogP contribution in [-0.4, -0.2) is 17.0 Å². The number of rotatable bonds is 0. The number of allylic oxidation sites excluding steroid dienone is 2. The molecule has 4 saturated carbocycles. The van der Waals surface area contributed by atoms with Gasteiger partial charge in [0.15, 0.2) is 5.78 Å². The van der Waals surface area contributed by atoms with Crippen LogP contribution < -0.4 is 0 Å². The van der Waals surface area contributed by atoms with Gasteiger partial charge in [0.2, 0.25) is 0 Å². The number of carbonyl (C=O) groups excluding carboxylic acids is 1. The van der Waals surface area contributed by atoms with Gasteiger partial charge in [0.25, 0.3) is 0 Å². The van der Waals surface area contributed by atoms with Gasteiger partial charge in [-0.3, -0.25) is 4.79 Å². The second kappa shape index (κ2) is 5.19. The van der Waals surface area contributed by atoms with Crippen molar-refractivity contribution in [3.05, 3.63) is 12.2 Å². The first-order valence-electron chi connectivity index (χ1n) is 10.4. The van der Waals surface area contributed by atoms with Gasteiger partial charge in [-0.25, -0.2) is 0 Å². The van der Waals surface area contributed by atoms with Crippen molar-refractivity contribution < 1.29 is 9.90 Å². The molecular weight excluding hydrogens is 296 g/mol. The van der Waals surface area contributed by atoms with Crippen molar-refractivity contribution in [2.45, 2.75) is 77.2 Å². The lowest BCUT2D eigenvalue weighted by Gasteiger charge is -2.61. The van der Waals surface area contributed by atoms with Gasteiger partial charge < -0.3 is 5.11 Å². The molecule has 5 unspecified atom stereocenters. The lowest BCUT2D eigenvalue weighted by atomic mass is 9.43. The summed E-state index contributed by atoms with van der Waals surface area (Å²) in [5.74, 6) is 4.00. The Labute approximate surface area is 146 Å². The van der Waals surface area contributed by atoms with Crippen LogP contribution in [0.2, 0.25) is 0 Å². The molecule has 0 aromatic carbocycles. The van der Waals surface area contributed by atoms with E-state index in [0.717, 1.165) is 49.4 Å². The second-order valence-corrected chi connectivity index (χ2v) is 10.00. The average molecular weight is 328 g/mol. The van der Waals surface area contributed by atoms with Crippen molar-refractivity contribution in [1.82, 2.24) is 0 Å². The van der Waals surface area contributed by atoms with Crippen molar-refractivity contribution in [2.75, 3.05) is 0 Å². The van der Waals surface area contributed by atoms with Gasteiger partial charge in [-0.15, -0.1) is 0 Å². The molecular formula is C22H32O2. The van der Waals surface area contributed by atoms with Crippen LogP contribution in [0.15, 0.2) is 12.2 Å². The van der Waals surface area contributed by atoms with E-state index in [2.05, 4.69) is 13.0 Å². The lowest BCUT2D eigenvalue weighted by Crippen LogP contribution is -2.55. The summed E-state index contributed by atoms with van der Waals surface area (Å²) in [4.78, 5) is 12.5. The van der Waals surface area contributed by atoms with E-state index >= 15 is 0 Å². The van der Waals surface area contributed by atoms with Crippen molar-refractivity contribution in [2.24, 2.45) is 40.4 Å². The lowest BCUT2D eigenvalue weighted by molar-refractivity contribution is -0.140. The molecule has 5 aliphatic rings. The molecule has 2 nitrogen and oxygen atoms in total. The summed E-state index contributed by atoms with van der Waals surface area (Å²) in [6, 6.07) is 0. The number of ketones is 1. The Balaban J connectivity index is 1.47. The van der Waals surface area contributed by atoms with Gasteiger partial charge in [0, 0.05) is 5.92 Å². The summed E-state index contributed by atoms with van der Waals surface area (Å²) < 4.78 is 0. The summed E-state index contributed by atoms with van der Waals surface area (Å²) in [5.41, 5.74) is 0.779. The maximum atomic E-state index is 12.5. The van der Waals surface area contributed by atoms with E-state index in [1.54, 1.807) is 0 Å². The molecule has 0 aromatic heterocycles. The van der Waals surface area contributed by atoms with E-state index in [1.807, 2.05) is 6.08 Å². The normalized spacial score (nSPS) is 56.2. The van der Waals surface area contributed by atoms with Crippen molar-refractivity contribution >= 4 is 5.78 Å². The molecule has 0 saturated heterocycles. The highest BCUT2D eigenvalue weighted by Gasteiger charge is 2.62. The molecule has 8 atom stereocenters. The van der Waals surface area contributed by atoms with Crippen molar-refractivity contribution in [3.63, 3.8) is 0 Å². The maximum absolute atomic E-state index is 12.5. The highest BCUT2D eigenvalue weighted by Crippen LogP contribution is 2.69. The fraction of sp³-hybridized carbons (Fsp3) is 0.864. The largest absolute Gasteiger partial charge is 0.393 e. The van der Waals surface area contributed by atoms with Crippen molar-refractivity contribution in [1.29, 1.82) is 0 Å². The fourth-order valence-corrected chi connectivity index (χ4v) is 8.38. The number of aliphatic hydroxyl groups excluding tert-OH is 1. The number of fused-ring (bicyclic) bond motifs is 4.